The SMILES string of the molecule is CNC(=O)C(C)CN(C)C(=O)CC1CNC1. The maximum absolute atomic E-state index is 11.8. The molecule has 16 heavy (non-hydrogen) atoms. The number of rotatable bonds is 5. The van der Waals surface area contributed by atoms with Crippen molar-refractivity contribution in [1.29, 1.82) is 0 Å². The fourth-order valence-electron chi connectivity index (χ4n) is 1.74. The van der Waals surface area contributed by atoms with Crippen molar-refractivity contribution in [3.63, 3.8) is 0 Å². The van der Waals surface area contributed by atoms with Gasteiger partial charge in [-0.05, 0) is 19.0 Å². The molecule has 1 fully saturated rings. The van der Waals surface area contributed by atoms with Gasteiger partial charge in [0.1, 0.15) is 0 Å². The van der Waals surface area contributed by atoms with E-state index < -0.39 is 0 Å². The van der Waals surface area contributed by atoms with E-state index in [1.54, 1.807) is 19.0 Å². The van der Waals surface area contributed by atoms with Gasteiger partial charge < -0.3 is 15.5 Å². The van der Waals surface area contributed by atoms with Crippen molar-refractivity contribution in [3.05, 3.63) is 0 Å². The van der Waals surface area contributed by atoms with Gasteiger partial charge in [0.25, 0.3) is 0 Å². The van der Waals surface area contributed by atoms with Gasteiger partial charge in [0, 0.05) is 27.1 Å². The summed E-state index contributed by atoms with van der Waals surface area (Å²) in [6.07, 6.45) is 0.587. The molecule has 0 aromatic rings. The normalized spacial score (nSPS) is 17.4. The second-order valence-corrected chi connectivity index (χ2v) is 4.52. The average molecular weight is 227 g/mol. The molecule has 1 aliphatic rings. The van der Waals surface area contributed by atoms with Crippen molar-refractivity contribution in [2.45, 2.75) is 13.3 Å². The van der Waals surface area contributed by atoms with Crippen molar-refractivity contribution in [2.75, 3.05) is 33.7 Å². The summed E-state index contributed by atoms with van der Waals surface area (Å²) in [6, 6.07) is 0. The van der Waals surface area contributed by atoms with Crippen molar-refractivity contribution in [3.8, 4) is 0 Å². The number of nitrogens with one attached hydrogen (secondary N) is 2. The molecular weight excluding hydrogens is 206 g/mol. The summed E-state index contributed by atoms with van der Waals surface area (Å²) in [5.41, 5.74) is 0. The lowest BCUT2D eigenvalue weighted by atomic mass is 9.98. The first-order valence-electron chi connectivity index (χ1n) is 5.70. The Morgan fingerprint density at radius 1 is 1.50 bits per heavy atom. The Morgan fingerprint density at radius 3 is 2.56 bits per heavy atom. The molecule has 2 amide bonds. The first-order valence-corrected chi connectivity index (χ1v) is 5.70. The van der Waals surface area contributed by atoms with Gasteiger partial charge >= 0.3 is 0 Å². The number of hydrogen-bond acceptors (Lipinski definition) is 3. The lowest BCUT2D eigenvalue weighted by molar-refractivity contribution is -0.133. The molecule has 0 bridgehead atoms. The fraction of sp³-hybridized carbons (Fsp3) is 0.818. The lowest BCUT2D eigenvalue weighted by Gasteiger charge is -2.29. The van der Waals surface area contributed by atoms with Gasteiger partial charge in [0.05, 0.1) is 5.92 Å². The zero-order valence-corrected chi connectivity index (χ0v) is 10.2. The highest BCUT2D eigenvalue weighted by Gasteiger charge is 2.23. The fourth-order valence-corrected chi connectivity index (χ4v) is 1.74. The molecule has 0 spiro atoms. The predicted octanol–water partition coefficient (Wildman–Crippen LogP) is -0.564. The Labute approximate surface area is 96.6 Å². The summed E-state index contributed by atoms with van der Waals surface area (Å²) in [5, 5.41) is 5.72. The molecule has 5 nitrogen and oxygen atoms in total. The van der Waals surface area contributed by atoms with Gasteiger partial charge in [0.2, 0.25) is 11.8 Å². The number of carbonyl (C=O) groups excluding carboxylic acids is 2. The summed E-state index contributed by atoms with van der Waals surface area (Å²) < 4.78 is 0. The van der Waals surface area contributed by atoms with Crippen molar-refractivity contribution in [2.24, 2.45) is 11.8 Å². The van der Waals surface area contributed by atoms with E-state index in [1.807, 2.05) is 6.92 Å². The van der Waals surface area contributed by atoms with Crippen LogP contribution in [0, 0.1) is 11.8 Å². The monoisotopic (exact) mass is 227 g/mol. The highest BCUT2D eigenvalue weighted by Crippen LogP contribution is 2.10. The molecule has 0 saturated carbocycles. The molecule has 0 radical (unpaired) electrons. The van der Waals surface area contributed by atoms with E-state index in [-0.39, 0.29) is 17.7 Å². The van der Waals surface area contributed by atoms with Crippen LogP contribution in [-0.2, 0) is 9.59 Å². The second-order valence-electron chi connectivity index (χ2n) is 4.52. The molecule has 1 heterocycles. The standard InChI is InChI=1S/C11H21N3O2/c1-8(11(16)12-2)7-14(3)10(15)4-9-5-13-6-9/h8-9,13H,4-7H2,1-3H3,(H,12,16). The van der Waals surface area contributed by atoms with Crippen LogP contribution in [-0.4, -0.2) is 50.4 Å². The summed E-state index contributed by atoms with van der Waals surface area (Å²) in [6.45, 7) is 4.18. The minimum absolute atomic E-state index is 0.0232. The molecule has 1 aliphatic heterocycles. The molecule has 0 aromatic carbocycles. The summed E-state index contributed by atoms with van der Waals surface area (Å²) in [5.74, 6) is 0.427. The maximum atomic E-state index is 11.8. The van der Waals surface area contributed by atoms with Crippen LogP contribution < -0.4 is 10.6 Å². The molecule has 5 heteroatoms. The van der Waals surface area contributed by atoms with Gasteiger partial charge in [-0.3, -0.25) is 9.59 Å². The Kier molecular flexibility index (Phi) is 4.73. The van der Waals surface area contributed by atoms with Crippen LogP contribution in [0.4, 0.5) is 0 Å². The predicted molar refractivity (Wildman–Crippen MR) is 61.8 cm³/mol. The molecule has 1 rings (SSSR count). The molecule has 0 aliphatic carbocycles. The third kappa shape index (κ3) is 3.48. The molecule has 1 unspecified atom stereocenters. The Bertz CT molecular complexity index is 264. The molecule has 1 atom stereocenters. The highest BCUT2D eigenvalue weighted by atomic mass is 16.2. The van der Waals surface area contributed by atoms with E-state index in [0.29, 0.717) is 18.9 Å². The van der Waals surface area contributed by atoms with Crippen molar-refractivity contribution >= 4 is 11.8 Å². The van der Waals surface area contributed by atoms with Gasteiger partial charge in [-0.15, -0.1) is 0 Å². The molecule has 2 N–H and O–H groups in total. The van der Waals surface area contributed by atoms with Gasteiger partial charge in [-0.1, -0.05) is 6.92 Å². The summed E-state index contributed by atoms with van der Waals surface area (Å²) >= 11 is 0. The third-order valence-corrected chi connectivity index (χ3v) is 3.00. The van der Waals surface area contributed by atoms with Gasteiger partial charge in [-0.2, -0.15) is 0 Å². The lowest BCUT2D eigenvalue weighted by Crippen LogP contribution is -2.45. The largest absolute Gasteiger partial charge is 0.359 e. The molecule has 0 aromatic heterocycles. The van der Waals surface area contributed by atoms with Crippen LogP contribution in [0.25, 0.3) is 0 Å². The van der Waals surface area contributed by atoms with Crippen LogP contribution in [0.3, 0.4) is 0 Å². The minimum Gasteiger partial charge on any atom is -0.359 e. The van der Waals surface area contributed by atoms with Crippen LogP contribution in [0.5, 0.6) is 0 Å². The summed E-state index contributed by atoms with van der Waals surface area (Å²) in [4.78, 5) is 24.7. The van der Waals surface area contributed by atoms with Crippen LogP contribution in [0.1, 0.15) is 13.3 Å². The summed E-state index contributed by atoms with van der Waals surface area (Å²) in [7, 11) is 3.37. The number of carbonyl (C=O) groups is 2. The van der Waals surface area contributed by atoms with E-state index in [1.165, 1.54) is 0 Å². The number of amides is 2. The van der Waals surface area contributed by atoms with Crippen LogP contribution >= 0.6 is 0 Å². The zero-order valence-electron chi connectivity index (χ0n) is 10.2. The van der Waals surface area contributed by atoms with Crippen LogP contribution in [0.15, 0.2) is 0 Å². The molecule has 1 saturated heterocycles. The van der Waals surface area contributed by atoms with E-state index in [2.05, 4.69) is 10.6 Å². The van der Waals surface area contributed by atoms with Crippen molar-refractivity contribution < 1.29 is 9.59 Å². The first kappa shape index (κ1) is 13.0. The van der Waals surface area contributed by atoms with Crippen LogP contribution in [0.2, 0.25) is 0 Å². The van der Waals surface area contributed by atoms with Crippen molar-refractivity contribution in [1.82, 2.24) is 15.5 Å². The average Bonchev–Trinajstić information content (AvgIpc) is 2.21. The molecular formula is C11H21N3O2. The minimum atomic E-state index is -0.154. The van der Waals surface area contributed by atoms with E-state index >= 15 is 0 Å². The maximum Gasteiger partial charge on any atom is 0.224 e. The van der Waals surface area contributed by atoms with E-state index in [4.69, 9.17) is 0 Å². The van der Waals surface area contributed by atoms with Gasteiger partial charge in [0.15, 0.2) is 0 Å². The Morgan fingerprint density at radius 2 is 2.12 bits per heavy atom. The Balaban J connectivity index is 2.29. The first-order chi connectivity index (χ1) is 7.54. The van der Waals surface area contributed by atoms with E-state index in [9.17, 15) is 9.59 Å². The van der Waals surface area contributed by atoms with E-state index in [0.717, 1.165) is 13.1 Å². The topological polar surface area (TPSA) is 61.4 Å². The Hall–Kier alpha value is -1.10. The zero-order chi connectivity index (χ0) is 12.1. The number of nitrogens with zero attached hydrogens (tertiary/aromatic N) is 1. The smallest absolute Gasteiger partial charge is 0.224 e. The second kappa shape index (κ2) is 5.84. The number of hydrogen-bond donors (Lipinski definition) is 2. The molecule has 92 valence electrons. The third-order valence-electron chi connectivity index (χ3n) is 3.00. The highest BCUT2D eigenvalue weighted by molar-refractivity contribution is 5.80. The quantitative estimate of drug-likeness (QED) is 0.661. The van der Waals surface area contributed by atoms with Gasteiger partial charge in [-0.25, -0.2) is 0 Å².